The predicted octanol–water partition coefficient (Wildman–Crippen LogP) is 5.13. The Morgan fingerprint density at radius 1 is 0.711 bits per heavy atom. The van der Waals surface area contributed by atoms with Crippen LogP contribution in [-0.2, 0) is 19.4 Å². The van der Waals surface area contributed by atoms with Crippen molar-refractivity contribution >= 4 is 27.2 Å². The van der Waals surface area contributed by atoms with Gasteiger partial charge in [-0.3, -0.25) is 14.2 Å². The molecule has 0 N–H and O–H groups in total. The second kappa shape index (κ2) is 8.27. The van der Waals surface area contributed by atoms with Gasteiger partial charge in [0, 0.05) is 7.05 Å². The minimum Gasteiger partial charge on any atom is -0.403 e. The van der Waals surface area contributed by atoms with E-state index in [1.165, 1.54) is 26.1 Å². The van der Waals surface area contributed by atoms with Crippen LogP contribution in [-0.4, -0.2) is 4.57 Å². The molecule has 0 bridgehead atoms. The Hall–Kier alpha value is -4.48. The minimum absolute atomic E-state index is 0.0132. The van der Waals surface area contributed by atoms with Gasteiger partial charge in [-0.1, -0.05) is 23.8 Å². The Labute approximate surface area is 207 Å². The number of benzene rings is 3. The molecule has 0 aliphatic carbocycles. The molecule has 0 radical (unpaired) electrons. The summed E-state index contributed by atoms with van der Waals surface area (Å²) in [7, 11) is 1.25. The SMILES string of the molecule is Cc1ccc(-c2ccc(N=c3oc(=O)c4cc5c(=O)n(C)c(=O)c5cc34)cc2C(F)(F)F)c(C(F)(F)F)c1. The number of aromatic nitrogens is 1. The first kappa shape index (κ1) is 25.2. The van der Waals surface area contributed by atoms with Gasteiger partial charge in [-0.15, -0.1) is 0 Å². The Morgan fingerprint density at radius 2 is 1.24 bits per heavy atom. The lowest BCUT2D eigenvalue weighted by Crippen LogP contribution is -2.20. The van der Waals surface area contributed by atoms with Crippen LogP contribution in [0.3, 0.4) is 0 Å². The van der Waals surface area contributed by atoms with E-state index < -0.39 is 56.9 Å². The zero-order valence-electron chi connectivity index (χ0n) is 19.4. The maximum Gasteiger partial charge on any atom is 0.417 e. The second-order valence-electron chi connectivity index (χ2n) is 8.69. The van der Waals surface area contributed by atoms with Gasteiger partial charge in [-0.25, -0.2) is 9.79 Å². The molecule has 0 aliphatic rings. The largest absolute Gasteiger partial charge is 0.417 e. The van der Waals surface area contributed by atoms with Crippen molar-refractivity contribution < 1.29 is 30.8 Å². The van der Waals surface area contributed by atoms with E-state index in [0.717, 1.165) is 34.9 Å². The number of halogens is 6. The first-order valence-electron chi connectivity index (χ1n) is 10.9. The molecule has 2 aromatic heterocycles. The molecule has 2 heterocycles. The fourth-order valence-electron chi connectivity index (χ4n) is 4.35. The van der Waals surface area contributed by atoms with Crippen molar-refractivity contribution in [1.82, 2.24) is 4.57 Å². The van der Waals surface area contributed by atoms with Crippen LogP contribution >= 0.6 is 0 Å². The van der Waals surface area contributed by atoms with Crippen LogP contribution in [0.5, 0.6) is 0 Å². The van der Waals surface area contributed by atoms with Crippen molar-refractivity contribution in [2.24, 2.45) is 12.0 Å². The maximum atomic E-state index is 14.0. The highest BCUT2D eigenvalue weighted by Crippen LogP contribution is 2.44. The van der Waals surface area contributed by atoms with Gasteiger partial charge >= 0.3 is 18.0 Å². The summed E-state index contributed by atoms with van der Waals surface area (Å²) in [5.41, 5.74) is -6.74. The Kier molecular flexibility index (Phi) is 5.48. The van der Waals surface area contributed by atoms with E-state index >= 15 is 0 Å². The van der Waals surface area contributed by atoms with Crippen LogP contribution < -0.4 is 22.3 Å². The number of nitrogens with zero attached hydrogens (tertiary/aromatic N) is 2. The first-order chi connectivity index (χ1) is 17.7. The third kappa shape index (κ3) is 4.01. The van der Waals surface area contributed by atoms with Gasteiger partial charge in [-0.05, 0) is 48.4 Å². The Balaban J connectivity index is 1.76. The van der Waals surface area contributed by atoms with E-state index in [0.29, 0.717) is 6.07 Å². The molecule has 0 unspecified atom stereocenters. The number of hydrogen-bond donors (Lipinski definition) is 0. The summed E-state index contributed by atoms with van der Waals surface area (Å²) in [6.45, 7) is 1.39. The van der Waals surface area contributed by atoms with Gasteiger partial charge in [0.2, 0.25) is 5.55 Å². The lowest BCUT2D eigenvalue weighted by atomic mass is 9.93. The van der Waals surface area contributed by atoms with Gasteiger partial charge in [-0.2, -0.15) is 26.3 Å². The topological polar surface area (TPSA) is 81.6 Å². The zero-order chi connectivity index (χ0) is 27.7. The predicted molar refractivity (Wildman–Crippen MR) is 126 cm³/mol. The van der Waals surface area contributed by atoms with Crippen molar-refractivity contribution in [3.05, 3.63) is 102 Å². The van der Waals surface area contributed by atoms with E-state index in [-0.39, 0.29) is 32.8 Å². The van der Waals surface area contributed by atoms with E-state index in [1.54, 1.807) is 0 Å². The van der Waals surface area contributed by atoms with Gasteiger partial charge in [0.15, 0.2) is 0 Å². The molecule has 38 heavy (non-hydrogen) atoms. The summed E-state index contributed by atoms with van der Waals surface area (Å²) in [5, 5.41) is -0.189. The number of hydrogen-bond acceptors (Lipinski definition) is 5. The number of rotatable bonds is 2. The normalized spacial score (nSPS) is 13.2. The second-order valence-corrected chi connectivity index (χ2v) is 8.69. The highest BCUT2D eigenvalue weighted by Gasteiger charge is 2.38. The highest BCUT2D eigenvalue weighted by molar-refractivity contribution is 5.97. The summed E-state index contributed by atoms with van der Waals surface area (Å²) in [6, 6.07) is 7.82. The molecular formula is C26H14F6N2O4. The molecule has 0 aliphatic heterocycles. The average Bonchev–Trinajstić information content (AvgIpc) is 3.25. The fraction of sp³-hybridized carbons (Fsp3) is 0.154. The Morgan fingerprint density at radius 3 is 1.82 bits per heavy atom. The maximum absolute atomic E-state index is 14.0. The minimum atomic E-state index is -5.05. The highest BCUT2D eigenvalue weighted by atomic mass is 19.4. The molecule has 194 valence electrons. The molecule has 0 spiro atoms. The van der Waals surface area contributed by atoms with Crippen molar-refractivity contribution in [1.29, 1.82) is 0 Å². The standard InChI is InChI=1S/C26H14F6N2O4/c1-11-3-5-13(19(7-11)25(27,28)29)14-6-4-12(8-20(14)26(30,31)32)33-21-15-9-16-17(10-18(15)24(37)38-21)23(36)34(2)22(16)35/h3-10H,1-2H3. The third-order valence-corrected chi connectivity index (χ3v) is 6.18. The number of fused-ring (bicyclic) bond motifs is 2. The third-order valence-electron chi connectivity index (χ3n) is 6.18. The molecule has 12 heteroatoms. The zero-order valence-corrected chi connectivity index (χ0v) is 19.4. The van der Waals surface area contributed by atoms with E-state index in [9.17, 15) is 40.7 Å². The summed E-state index contributed by atoms with van der Waals surface area (Å²) in [4.78, 5) is 40.9. The molecule has 0 amide bonds. The van der Waals surface area contributed by atoms with Crippen LogP contribution in [0.25, 0.3) is 32.7 Å². The van der Waals surface area contributed by atoms with E-state index in [1.807, 2.05) is 0 Å². The van der Waals surface area contributed by atoms with Gasteiger partial charge < -0.3 is 4.42 Å². The average molecular weight is 532 g/mol. The van der Waals surface area contributed by atoms with Gasteiger partial charge in [0.1, 0.15) is 0 Å². The molecule has 5 rings (SSSR count). The number of aryl methyl sites for hydroxylation is 1. The van der Waals surface area contributed by atoms with Crippen molar-refractivity contribution in [3.63, 3.8) is 0 Å². The molecule has 6 nitrogen and oxygen atoms in total. The first-order valence-corrected chi connectivity index (χ1v) is 10.9. The van der Waals surface area contributed by atoms with Crippen LogP contribution in [0, 0.1) is 6.92 Å². The van der Waals surface area contributed by atoms with Crippen LogP contribution in [0.2, 0.25) is 0 Å². The molecular weight excluding hydrogens is 518 g/mol. The molecule has 0 atom stereocenters. The molecule has 0 fully saturated rings. The summed E-state index contributed by atoms with van der Waals surface area (Å²) in [5.74, 6) is 0. The number of alkyl halides is 6. The van der Waals surface area contributed by atoms with Gasteiger partial charge in [0.05, 0.1) is 38.4 Å². The van der Waals surface area contributed by atoms with Crippen molar-refractivity contribution in [2.45, 2.75) is 19.3 Å². The summed E-state index contributed by atoms with van der Waals surface area (Å²) < 4.78 is 88.9. The summed E-state index contributed by atoms with van der Waals surface area (Å²) >= 11 is 0. The molecule has 3 aromatic carbocycles. The van der Waals surface area contributed by atoms with Crippen LogP contribution in [0.4, 0.5) is 32.0 Å². The quantitative estimate of drug-likeness (QED) is 0.296. The fourth-order valence-corrected chi connectivity index (χ4v) is 4.35. The van der Waals surface area contributed by atoms with Gasteiger partial charge in [0.25, 0.3) is 11.1 Å². The van der Waals surface area contributed by atoms with Crippen LogP contribution in [0.1, 0.15) is 16.7 Å². The lowest BCUT2D eigenvalue weighted by molar-refractivity contribution is -0.139. The molecule has 0 saturated carbocycles. The monoisotopic (exact) mass is 532 g/mol. The lowest BCUT2D eigenvalue weighted by Gasteiger charge is -2.18. The van der Waals surface area contributed by atoms with Crippen molar-refractivity contribution in [3.8, 4) is 11.1 Å². The number of furan rings is 1. The molecule has 5 aromatic rings. The molecule has 0 saturated heterocycles. The van der Waals surface area contributed by atoms with E-state index in [4.69, 9.17) is 4.42 Å². The van der Waals surface area contributed by atoms with Crippen molar-refractivity contribution in [2.75, 3.05) is 0 Å². The smallest absolute Gasteiger partial charge is 0.403 e. The summed E-state index contributed by atoms with van der Waals surface area (Å²) in [6.07, 6.45) is -9.96. The van der Waals surface area contributed by atoms with E-state index in [2.05, 4.69) is 4.99 Å². The Bertz CT molecular complexity index is 1990. The van der Waals surface area contributed by atoms with Crippen LogP contribution in [0.15, 0.2) is 72.3 Å².